The molecule has 3 aliphatic carbocycles. The third-order valence-corrected chi connectivity index (χ3v) is 9.05. The fourth-order valence-electron chi connectivity index (χ4n) is 6.59. The predicted octanol–water partition coefficient (Wildman–Crippen LogP) is 4.84. The molecule has 3 saturated carbocycles. The second-order valence-electron chi connectivity index (χ2n) is 11.8. The van der Waals surface area contributed by atoms with Crippen LogP contribution in [0.1, 0.15) is 68.8 Å². The van der Waals surface area contributed by atoms with Crippen molar-refractivity contribution in [1.82, 2.24) is 25.1 Å². The zero-order valence-corrected chi connectivity index (χ0v) is 22.5. The highest BCUT2D eigenvalue weighted by molar-refractivity contribution is 5.89. The molecule has 3 aromatic rings. The topological polar surface area (TPSA) is 129 Å². The lowest BCUT2D eigenvalue weighted by Gasteiger charge is -2.35. The first-order valence-corrected chi connectivity index (χ1v) is 13.9. The van der Waals surface area contributed by atoms with Crippen LogP contribution in [0.15, 0.2) is 42.9 Å². The zero-order valence-electron chi connectivity index (χ0n) is 22.5. The summed E-state index contributed by atoms with van der Waals surface area (Å²) < 4.78 is 2.06. The van der Waals surface area contributed by atoms with Gasteiger partial charge in [-0.3, -0.25) is 14.8 Å². The highest BCUT2D eigenvalue weighted by Crippen LogP contribution is 2.57. The lowest BCUT2D eigenvalue weighted by molar-refractivity contribution is -0.131. The van der Waals surface area contributed by atoms with Crippen molar-refractivity contribution in [3.05, 3.63) is 54.0 Å². The molecular formula is C30H35N7O2. The van der Waals surface area contributed by atoms with Crippen LogP contribution in [0.2, 0.25) is 0 Å². The smallest absolute Gasteiger partial charge is 0.227 e. The molecule has 3 aliphatic rings. The van der Waals surface area contributed by atoms with Crippen molar-refractivity contribution in [2.24, 2.45) is 23.2 Å². The molecular weight excluding hydrogens is 490 g/mol. The minimum absolute atomic E-state index is 0.0352. The number of hydrogen-bond donors (Lipinski definition) is 3. The molecule has 39 heavy (non-hydrogen) atoms. The van der Waals surface area contributed by atoms with E-state index < -0.39 is 6.23 Å². The average Bonchev–Trinajstić information content (AvgIpc) is 3.43. The molecule has 9 nitrogen and oxygen atoms in total. The normalized spacial score (nSPS) is 25.6. The van der Waals surface area contributed by atoms with E-state index in [-0.39, 0.29) is 17.9 Å². The monoisotopic (exact) mass is 525 g/mol. The van der Waals surface area contributed by atoms with Gasteiger partial charge in [-0.05, 0) is 68.4 Å². The van der Waals surface area contributed by atoms with E-state index >= 15 is 0 Å². The Balaban J connectivity index is 1.13. The summed E-state index contributed by atoms with van der Waals surface area (Å²) in [5.74, 6) is 2.24. The second kappa shape index (κ2) is 10.2. The first kappa shape index (κ1) is 25.7. The molecule has 3 fully saturated rings. The van der Waals surface area contributed by atoms with Crippen LogP contribution in [-0.4, -0.2) is 37.2 Å². The van der Waals surface area contributed by atoms with Crippen molar-refractivity contribution in [2.75, 3.05) is 11.9 Å². The molecule has 6 rings (SSSR count). The van der Waals surface area contributed by atoms with Crippen LogP contribution >= 0.6 is 0 Å². The van der Waals surface area contributed by atoms with E-state index in [2.05, 4.69) is 32.3 Å². The number of nitriles is 1. The maximum Gasteiger partial charge on any atom is 0.227 e. The maximum atomic E-state index is 13.2. The molecule has 3 N–H and O–H groups in total. The summed E-state index contributed by atoms with van der Waals surface area (Å²) >= 11 is 0. The number of aromatic nitrogens is 4. The lowest BCUT2D eigenvalue weighted by atomic mass is 9.71. The van der Waals surface area contributed by atoms with Gasteiger partial charge in [-0.25, -0.2) is 9.97 Å². The van der Waals surface area contributed by atoms with Gasteiger partial charge in [0.05, 0.1) is 36.2 Å². The van der Waals surface area contributed by atoms with E-state index in [1.54, 1.807) is 6.20 Å². The van der Waals surface area contributed by atoms with Crippen molar-refractivity contribution in [3.63, 3.8) is 0 Å². The van der Waals surface area contributed by atoms with Crippen LogP contribution in [0.4, 0.5) is 11.6 Å². The third-order valence-electron chi connectivity index (χ3n) is 9.05. The molecule has 0 spiro atoms. The average molecular weight is 526 g/mol. The first-order chi connectivity index (χ1) is 18.8. The van der Waals surface area contributed by atoms with Crippen LogP contribution in [0.25, 0.3) is 11.3 Å². The molecule has 2 aromatic heterocycles. The minimum atomic E-state index is -0.897. The molecule has 1 aromatic carbocycles. The fourth-order valence-corrected chi connectivity index (χ4v) is 6.59. The summed E-state index contributed by atoms with van der Waals surface area (Å²) in [5.41, 5.74) is 4.13. The van der Waals surface area contributed by atoms with Gasteiger partial charge in [-0.2, -0.15) is 10.4 Å². The third kappa shape index (κ3) is 5.07. The van der Waals surface area contributed by atoms with Gasteiger partial charge in [0.2, 0.25) is 5.95 Å². The van der Waals surface area contributed by atoms with E-state index in [1.165, 1.54) is 0 Å². The van der Waals surface area contributed by atoms with Crippen molar-refractivity contribution in [2.45, 2.75) is 64.6 Å². The number of carbonyl (C=O) groups is 1. The van der Waals surface area contributed by atoms with Crippen LogP contribution in [0.3, 0.4) is 0 Å². The standard InChI is InChI=1S/C30H35N7O2/c1-18-15-33-29(36-26(18)19-3-5-20(6-4-19)28(39)32-12-11-31)35-23-16-34-37(17-23)24-13-21-7-8-22(14-24)25(21)27(38)30(2)9-10-30/h3-6,15-17,21-22,24-25,28,32,39H,7-10,12-14H2,1-2H3,(H,33,35,36)/t21-,22+,24?,25?,28?. The van der Waals surface area contributed by atoms with E-state index in [1.807, 2.05) is 49.7 Å². The first-order valence-electron chi connectivity index (χ1n) is 13.9. The Morgan fingerprint density at radius 1 is 1.21 bits per heavy atom. The van der Waals surface area contributed by atoms with Gasteiger partial charge >= 0.3 is 0 Å². The van der Waals surface area contributed by atoms with Crippen LogP contribution in [0, 0.1) is 41.4 Å². The number of hydrogen-bond acceptors (Lipinski definition) is 8. The highest BCUT2D eigenvalue weighted by atomic mass is 16.3. The Morgan fingerprint density at radius 3 is 2.59 bits per heavy atom. The Morgan fingerprint density at radius 2 is 1.92 bits per heavy atom. The van der Waals surface area contributed by atoms with Crippen LogP contribution < -0.4 is 10.6 Å². The van der Waals surface area contributed by atoms with Gasteiger partial charge in [-0.1, -0.05) is 31.2 Å². The molecule has 2 bridgehead atoms. The number of nitrogens with zero attached hydrogens (tertiary/aromatic N) is 5. The van der Waals surface area contributed by atoms with Gasteiger partial charge in [0.15, 0.2) is 0 Å². The molecule has 202 valence electrons. The van der Waals surface area contributed by atoms with Crippen LogP contribution in [0.5, 0.6) is 0 Å². The zero-order chi connectivity index (χ0) is 27.1. The number of benzene rings is 1. The molecule has 0 saturated heterocycles. The molecule has 0 radical (unpaired) electrons. The van der Waals surface area contributed by atoms with Gasteiger partial charge in [-0.15, -0.1) is 0 Å². The number of ketones is 1. The van der Waals surface area contributed by atoms with Crippen molar-refractivity contribution in [1.29, 1.82) is 5.26 Å². The number of aliphatic hydroxyl groups excluding tert-OH is 1. The number of aryl methyl sites for hydroxylation is 1. The quantitative estimate of drug-likeness (QED) is 0.267. The van der Waals surface area contributed by atoms with Crippen molar-refractivity contribution < 1.29 is 9.90 Å². The molecule has 5 atom stereocenters. The van der Waals surface area contributed by atoms with Crippen molar-refractivity contribution >= 4 is 17.4 Å². The predicted molar refractivity (Wildman–Crippen MR) is 147 cm³/mol. The van der Waals surface area contributed by atoms with Gasteiger partial charge in [0, 0.05) is 29.3 Å². The van der Waals surface area contributed by atoms with E-state index in [0.29, 0.717) is 35.2 Å². The number of nitrogens with one attached hydrogen (secondary N) is 2. The summed E-state index contributed by atoms with van der Waals surface area (Å²) in [6, 6.07) is 9.74. The van der Waals surface area contributed by atoms with Gasteiger partial charge in [0.25, 0.3) is 0 Å². The second-order valence-corrected chi connectivity index (χ2v) is 11.8. The summed E-state index contributed by atoms with van der Waals surface area (Å²) in [5, 5.41) is 29.6. The largest absolute Gasteiger partial charge is 0.374 e. The highest BCUT2D eigenvalue weighted by Gasteiger charge is 2.54. The Hall–Kier alpha value is -3.61. The lowest BCUT2D eigenvalue weighted by Crippen LogP contribution is -2.36. The van der Waals surface area contributed by atoms with Gasteiger partial charge in [0.1, 0.15) is 12.0 Å². The van der Waals surface area contributed by atoms with Crippen LogP contribution in [-0.2, 0) is 4.79 Å². The number of carbonyl (C=O) groups excluding carboxylic acids is 1. The molecule has 0 aliphatic heterocycles. The number of Topliss-reactive ketones (excluding diaryl/α,β-unsaturated/α-hetero) is 1. The number of fused-ring (bicyclic) bond motifs is 2. The summed E-state index contributed by atoms with van der Waals surface area (Å²) in [6.45, 7) is 4.19. The maximum absolute atomic E-state index is 13.2. The summed E-state index contributed by atoms with van der Waals surface area (Å²) in [6.07, 6.45) is 11.2. The minimum Gasteiger partial charge on any atom is -0.374 e. The Labute approximate surface area is 228 Å². The van der Waals surface area contributed by atoms with E-state index in [0.717, 1.165) is 61.0 Å². The SMILES string of the molecule is Cc1cnc(Nc2cnn(C3C[C@H]4CC[C@@H](C3)C4C(=O)C3(C)CC3)c2)nc1-c1ccc(C(O)NCC#N)cc1. The number of anilines is 2. The molecule has 3 unspecified atom stereocenters. The van der Waals surface area contributed by atoms with Gasteiger partial charge < -0.3 is 10.4 Å². The Kier molecular flexibility index (Phi) is 6.69. The molecule has 9 heteroatoms. The summed E-state index contributed by atoms with van der Waals surface area (Å²) in [4.78, 5) is 22.4. The molecule has 2 heterocycles. The number of aliphatic hydroxyl groups is 1. The fraction of sp³-hybridized carbons (Fsp3) is 0.500. The Bertz CT molecular complexity index is 1390. The number of rotatable bonds is 9. The van der Waals surface area contributed by atoms with Crippen molar-refractivity contribution in [3.8, 4) is 17.3 Å². The summed E-state index contributed by atoms with van der Waals surface area (Å²) in [7, 11) is 0. The van der Waals surface area contributed by atoms with E-state index in [4.69, 9.17) is 10.2 Å². The van der Waals surface area contributed by atoms with E-state index in [9.17, 15) is 9.90 Å². The molecule has 0 amide bonds.